The van der Waals surface area contributed by atoms with Gasteiger partial charge in [-0.25, -0.2) is 8.78 Å². The van der Waals surface area contributed by atoms with Crippen molar-refractivity contribution in [2.24, 2.45) is 0 Å². The first kappa shape index (κ1) is 18.8. The summed E-state index contributed by atoms with van der Waals surface area (Å²) < 4.78 is 26.5. The molecule has 5 nitrogen and oxygen atoms in total. The maximum atomic E-state index is 13.4. The Kier molecular flexibility index (Phi) is 5.69. The Balaban J connectivity index is 1.61. The van der Waals surface area contributed by atoms with Crippen LogP contribution in [0.25, 0.3) is 0 Å². The Morgan fingerprint density at radius 2 is 1.63 bits per heavy atom. The second-order valence-corrected chi connectivity index (χ2v) is 6.43. The first-order valence-corrected chi connectivity index (χ1v) is 8.76. The molecule has 3 rings (SSSR count). The first-order valence-electron chi connectivity index (χ1n) is 8.76. The van der Waals surface area contributed by atoms with Crippen LogP contribution in [0.3, 0.4) is 0 Å². The van der Waals surface area contributed by atoms with Gasteiger partial charge in [-0.15, -0.1) is 0 Å². The van der Waals surface area contributed by atoms with Gasteiger partial charge in [-0.2, -0.15) is 0 Å². The van der Waals surface area contributed by atoms with Gasteiger partial charge >= 0.3 is 0 Å². The molecule has 0 N–H and O–H groups in total. The molecule has 0 aromatic heterocycles. The van der Waals surface area contributed by atoms with Crippen LogP contribution in [0.15, 0.2) is 48.5 Å². The quantitative estimate of drug-likeness (QED) is 0.828. The molecule has 1 aliphatic heterocycles. The lowest BCUT2D eigenvalue weighted by molar-refractivity contribution is -0.131. The number of piperazine rings is 1. The normalized spacial score (nSPS) is 14.2. The molecular formula is C20H21F2N3O2. The van der Waals surface area contributed by atoms with Gasteiger partial charge in [0.1, 0.15) is 18.2 Å². The number of benzene rings is 2. The van der Waals surface area contributed by atoms with Crippen molar-refractivity contribution in [2.45, 2.75) is 6.92 Å². The van der Waals surface area contributed by atoms with Gasteiger partial charge in [0.05, 0.1) is 0 Å². The van der Waals surface area contributed by atoms with Gasteiger partial charge in [0.15, 0.2) is 0 Å². The molecule has 7 heteroatoms. The van der Waals surface area contributed by atoms with Crippen molar-refractivity contribution in [3.05, 3.63) is 60.2 Å². The maximum absolute atomic E-state index is 13.4. The predicted octanol–water partition coefficient (Wildman–Crippen LogP) is 2.67. The molecule has 0 atom stereocenters. The molecule has 142 valence electrons. The molecule has 0 bridgehead atoms. The second kappa shape index (κ2) is 8.16. The number of rotatable bonds is 4. The number of carbonyl (C=O) groups excluding carboxylic acids is 2. The second-order valence-electron chi connectivity index (χ2n) is 6.43. The third-order valence-electron chi connectivity index (χ3n) is 4.62. The van der Waals surface area contributed by atoms with Gasteiger partial charge in [0, 0.05) is 44.5 Å². The summed E-state index contributed by atoms with van der Waals surface area (Å²) in [6.07, 6.45) is 0. The van der Waals surface area contributed by atoms with Crippen molar-refractivity contribution in [2.75, 3.05) is 42.5 Å². The van der Waals surface area contributed by atoms with Gasteiger partial charge in [-0.05, 0) is 42.5 Å². The fourth-order valence-corrected chi connectivity index (χ4v) is 3.13. The highest BCUT2D eigenvalue weighted by Crippen LogP contribution is 2.19. The summed E-state index contributed by atoms with van der Waals surface area (Å²) in [5.74, 6) is -1.25. The molecule has 2 aromatic carbocycles. The van der Waals surface area contributed by atoms with Gasteiger partial charge in [0.2, 0.25) is 11.8 Å². The number of halogens is 2. The zero-order valence-electron chi connectivity index (χ0n) is 15.1. The third kappa shape index (κ3) is 4.61. The summed E-state index contributed by atoms with van der Waals surface area (Å²) in [7, 11) is 0. The van der Waals surface area contributed by atoms with Crippen LogP contribution >= 0.6 is 0 Å². The summed E-state index contributed by atoms with van der Waals surface area (Å²) in [4.78, 5) is 29.6. The van der Waals surface area contributed by atoms with E-state index in [1.807, 2.05) is 0 Å². The molecule has 1 heterocycles. The fourth-order valence-electron chi connectivity index (χ4n) is 3.13. The van der Waals surface area contributed by atoms with Crippen LogP contribution in [0.4, 0.5) is 20.2 Å². The van der Waals surface area contributed by atoms with Crippen LogP contribution in [0.2, 0.25) is 0 Å². The predicted molar refractivity (Wildman–Crippen MR) is 99.6 cm³/mol. The van der Waals surface area contributed by atoms with Crippen molar-refractivity contribution in [3.8, 4) is 0 Å². The zero-order chi connectivity index (χ0) is 19.4. The van der Waals surface area contributed by atoms with E-state index < -0.39 is 5.82 Å². The molecule has 0 radical (unpaired) electrons. The third-order valence-corrected chi connectivity index (χ3v) is 4.62. The molecule has 0 saturated carbocycles. The fraction of sp³-hybridized carbons (Fsp3) is 0.300. The Morgan fingerprint density at radius 3 is 2.22 bits per heavy atom. The lowest BCUT2D eigenvalue weighted by Gasteiger charge is -2.37. The van der Waals surface area contributed by atoms with Crippen LogP contribution in [-0.4, -0.2) is 49.4 Å². The monoisotopic (exact) mass is 373 g/mol. The Hall–Kier alpha value is -2.96. The van der Waals surface area contributed by atoms with E-state index in [0.29, 0.717) is 31.9 Å². The smallest absolute Gasteiger partial charge is 0.242 e. The van der Waals surface area contributed by atoms with Crippen LogP contribution in [0.5, 0.6) is 0 Å². The molecule has 1 fully saturated rings. The highest BCUT2D eigenvalue weighted by molar-refractivity contribution is 5.97. The molecule has 2 amide bonds. The van der Waals surface area contributed by atoms with E-state index in [1.165, 1.54) is 42.2 Å². The number of amides is 2. The van der Waals surface area contributed by atoms with Crippen molar-refractivity contribution >= 4 is 23.2 Å². The van der Waals surface area contributed by atoms with E-state index in [9.17, 15) is 18.4 Å². The molecule has 2 aromatic rings. The minimum atomic E-state index is -0.459. The number of carbonyl (C=O) groups is 2. The van der Waals surface area contributed by atoms with E-state index in [2.05, 4.69) is 4.90 Å². The number of nitrogens with zero attached hydrogens (tertiary/aromatic N) is 3. The van der Waals surface area contributed by atoms with Crippen molar-refractivity contribution in [1.82, 2.24) is 4.90 Å². The largest absolute Gasteiger partial charge is 0.368 e. The Labute approximate surface area is 156 Å². The highest BCUT2D eigenvalue weighted by atomic mass is 19.1. The molecule has 0 spiro atoms. The minimum Gasteiger partial charge on any atom is -0.368 e. The lowest BCUT2D eigenvalue weighted by Crippen LogP contribution is -2.51. The summed E-state index contributed by atoms with van der Waals surface area (Å²) in [6.45, 7) is 3.48. The summed E-state index contributed by atoms with van der Waals surface area (Å²) in [5.41, 5.74) is 1.27. The molecule has 0 aliphatic carbocycles. The Morgan fingerprint density at radius 1 is 0.963 bits per heavy atom. The van der Waals surface area contributed by atoms with E-state index in [-0.39, 0.29) is 24.2 Å². The first-order chi connectivity index (χ1) is 12.9. The standard InChI is InChI=1S/C20H21F2N3O2/c1-15(26)25(19-4-2-3-17(22)13-19)14-20(27)24-11-9-23(10-12-24)18-7-5-16(21)6-8-18/h2-8,13H,9-12,14H2,1H3. The van der Waals surface area contributed by atoms with E-state index in [0.717, 1.165) is 5.69 Å². The van der Waals surface area contributed by atoms with Crippen molar-refractivity contribution < 1.29 is 18.4 Å². The molecule has 0 unspecified atom stereocenters. The van der Waals surface area contributed by atoms with Gasteiger partial charge in [-0.1, -0.05) is 6.07 Å². The number of hydrogen-bond acceptors (Lipinski definition) is 3. The molecule has 1 aliphatic rings. The van der Waals surface area contributed by atoms with E-state index in [4.69, 9.17) is 0 Å². The maximum Gasteiger partial charge on any atom is 0.242 e. The lowest BCUT2D eigenvalue weighted by atomic mass is 10.2. The SMILES string of the molecule is CC(=O)N(CC(=O)N1CCN(c2ccc(F)cc2)CC1)c1cccc(F)c1. The molecular weight excluding hydrogens is 352 g/mol. The van der Waals surface area contributed by atoms with Gasteiger partial charge in [0.25, 0.3) is 0 Å². The number of hydrogen-bond donors (Lipinski definition) is 0. The van der Waals surface area contributed by atoms with Crippen LogP contribution in [0.1, 0.15) is 6.92 Å². The topological polar surface area (TPSA) is 43.9 Å². The van der Waals surface area contributed by atoms with Gasteiger partial charge in [-0.3, -0.25) is 9.59 Å². The average molecular weight is 373 g/mol. The Bertz CT molecular complexity index is 818. The summed E-state index contributed by atoms with van der Waals surface area (Å²) in [6, 6.07) is 11.9. The summed E-state index contributed by atoms with van der Waals surface area (Å²) in [5, 5.41) is 0. The highest BCUT2D eigenvalue weighted by Gasteiger charge is 2.24. The van der Waals surface area contributed by atoms with Gasteiger partial charge < -0.3 is 14.7 Å². The molecule has 1 saturated heterocycles. The van der Waals surface area contributed by atoms with Crippen molar-refractivity contribution in [3.63, 3.8) is 0 Å². The van der Waals surface area contributed by atoms with E-state index in [1.54, 1.807) is 23.1 Å². The average Bonchev–Trinajstić information content (AvgIpc) is 2.66. The number of anilines is 2. The zero-order valence-corrected chi connectivity index (χ0v) is 15.1. The van der Waals surface area contributed by atoms with Crippen LogP contribution in [-0.2, 0) is 9.59 Å². The molecule has 27 heavy (non-hydrogen) atoms. The summed E-state index contributed by atoms with van der Waals surface area (Å²) >= 11 is 0. The van der Waals surface area contributed by atoms with Crippen molar-refractivity contribution in [1.29, 1.82) is 0 Å². The van der Waals surface area contributed by atoms with Crippen LogP contribution < -0.4 is 9.80 Å². The van der Waals surface area contributed by atoms with Crippen LogP contribution in [0, 0.1) is 11.6 Å². The van der Waals surface area contributed by atoms with E-state index >= 15 is 0 Å². The minimum absolute atomic E-state index is 0.130.